The molecular weight excluding hydrogens is 238 g/mol. The zero-order chi connectivity index (χ0) is 13.7. The summed E-state index contributed by atoms with van der Waals surface area (Å²) in [5, 5.41) is 0. The van der Waals surface area contributed by atoms with Gasteiger partial charge in [0, 0.05) is 24.8 Å². The molecule has 0 spiro atoms. The second-order valence-corrected chi connectivity index (χ2v) is 5.72. The van der Waals surface area contributed by atoms with Gasteiger partial charge in [-0.1, -0.05) is 26.2 Å². The minimum Gasteiger partial charge on any atom is -0.381 e. The standard InChI is InChI=1S/C15H27N3O/c1-3-4-5-6-12(2)18-11-17-9-14(18)15(16)13-7-8-19-10-13/h9,11-13,15H,3-8,10,16H2,1-2H3. The molecule has 3 atom stereocenters. The van der Waals surface area contributed by atoms with Crippen LogP contribution in [0, 0.1) is 5.92 Å². The van der Waals surface area contributed by atoms with Gasteiger partial charge in [0.05, 0.1) is 24.7 Å². The van der Waals surface area contributed by atoms with Gasteiger partial charge in [-0.05, 0) is 19.8 Å². The lowest BCUT2D eigenvalue weighted by Gasteiger charge is -2.23. The predicted octanol–water partition coefficient (Wildman–Crippen LogP) is 3.06. The fourth-order valence-corrected chi connectivity index (χ4v) is 2.85. The number of rotatable bonds is 7. The van der Waals surface area contributed by atoms with Crippen LogP contribution in [0.4, 0.5) is 0 Å². The van der Waals surface area contributed by atoms with Gasteiger partial charge in [0.1, 0.15) is 0 Å². The Balaban J connectivity index is 1.99. The Hall–Kier alpha value is -0.870. The maximum absolute atomic E-state index is 6.40. The van der Waals surface area contributed by atoms with E-state index in [0.29, 0.717) is 12.0 Å². The van der Waals surface area contributed by atoms with Crippen molar-refractivity contribution in [2.45, 2.75) is 58.0 Å². The second-order valence-electron chi connectivity index (χ2n) is 5.72. The van der Waals surface area contributed by atoms with Crippen molar-refractivity contribution in [3.63, 3.8) is 0 Å². The Morgan fingerprint density at radius 2 is 2.37 bits per heavy atom. The van der Waals surface area contributed by atoms with E-state index >= 15 is 0 Å². The molecule has 0 saturated carbocycles. The van der Waals surface area contributed by atoms with E-state index in [1.165, 1.54) is 31.4 Å². The highest BCUT2D eigenvalue weighted by Gasteiger charge is 2.27. The van der Waals surface area contributed by atoms with Crippen LogP contribution in [0.3, 0.4) is 0 Å². The summed E-state index contributed by atoms with van der Waals surface area (Å²) in [6.45, 7) is 6.14. The Bertz CT molecular complexity index is 371. The first-order valence-corrected chi connectivity index (χ1v) is 7.59. The maximum Gasteiger partial charge on any atom is 0.0951 e. The number of imidazole rings is 1. The number of nitrogens with zero attached hydrogens (tertiary/aromatic N) is 2. The van der Waals surface area contributed by atoms with E-state index in [1.807, 2.05) is 12.5 Å². The van der Waals surface area contributed by atoms with E-state index in [9.17, 15) is 0 Å². The first-order chi connectivity index (χ1) is 9.24. The molecule has 19 heavy (non-hydrogen) atoms. The van der Waals surface area contributed by atoms with Crippen LogP contribution in [-0.4, -0.2) is 22.8 Å². The molecule has 0 amide bonds. The van der Waals surface area contributed by atoms with Gasteiger partial charge in [-0.3, -0.25) is 0 Å². The Kier molecular flexibility index (Phi) is 5.40. The van der Waals surface area contributed by atoms with Crippen LogP contribution in [0.15, 0.2) is 12.5 Å². The van der Waals surface area contributed by atoms with Gasteiger partial charge in [0.25, 0.3) is 0 Å². The van der Waals surface area contributed by atoms with Crippen LogP contribution in [0.5, 0.6) is 0 Å². The van der Waals surface area contributed by atoms with Crippen molar-refractivity contribution in [3.8, 4) is 0 Å². The summed E-state index contributed by atoms with van der Waals surface area (Å²) < 4.78 is 7.71. The molecule has 1 aliphatic heterocycles. The lowest BCUT2D eigenvalue weighted by Crippen LogP contribution is -2.25. The van der Waals surface area contributed by atoms with Crippen molar-refractivity contribution in [1.29, 1.82) is 0 Å². The van der Waals surface area contributed by atoms with Crippen molar-refractivity contribution in [2.75, 3.05) is 13.2 Å². The lowest BCUT2D eigenvalue weighted by atomic mass is 9.97. The molecule has 1 aromatic rings. The summed E-state index contributed by atoms with van der Waals surface area (Å²) in [5.41, 5.74) is 7.56. The minimum absolute atomic E-state index is 0.0543. The number of hydrogen-bond donors (Lipinski definition) is 1. The average Bonchev–Trinajstić information content (AvgIpc) is 3.09. The molecule has 3 unspecified atom stereocenters. The van der Waals surface area contributed by atoms with Crippen molar-refractivity contribution in [1.82, 2.24) is 9.55 Å². The van der Waals surface area contributed by atoms with E-state index < -0.39 is 0 Å². The normalized spacial score (nSPS) is 22.6. The molecule has 2 heterocycles. The zero-order valence-electron chi connectivity index (χ0n) is 12.2. The van der Waals surface area contributed by atoms with Crippen molar-refractivity contribution >= 4 is 0 Å². The smallest absolute Gasteiger partial charge is 0.0951 e. The molecule has 108 valence electrons. The first kappa shape index (κ1) is 14.5. The van der Waals surface area contributed by atoms with E-state index in [-0.39, 0.29) is 6.04 Å². The molecule has 2 rings (SSSR count). The van der Waals surface area contributed by atoms with Gasteiger partial charge in [-0.2, -0.15) is 0 Å². The van der Waals surface area contributed by atoms with E-state index in [1.54, 1.807) is 0 Å². The molecule has 0 aromatic carbocycles. The molecular formula is C15H27N3O. The third kappa shape index (κ3) is 3.57. The van der Waals surface area contributed by atoms with Gasteiger partial charge in [-0.25, -0.2) is 4.98 Å². The fourth-order valence-electron chi connectivity index (χ4n) is 2.85. The molecule has 1 fully saturated rings. The summed E-state index contributed by atoms with van der Waals surface area (Å²) in [4.78, 5) is 4.31. The highest BCUT2D eigenvalue weighted by Crippen LogP contribution is 2.29. The third-order valence-corrected chi connectivity index (χ3v) is 4.21. The van der Waals surface area contributed by atoms with Gasteiger partial charge < -0.3 is 15.0 Å². The van der Waals surface area contributed by atoms with Crippen LogP contribution in [-0.2, 0) is 4.74 Å². The van der Waals surface area contributed by atoms with Gasteiger partial charge >= 0.3 is 0 Å². The number of aromatic nitrogens is 2. The summed E-state index contributed by atoms with van der Waals surface area (Å²) in [5.74, 6) is 0.443. The number of unbranched alkanes of at least 4 members (excludes halogenated alkanes) is 2. The first-order valence-electron chi connectivity index (χ1n) is 7.59. The number of nitrogens with two attached hydrogens (primary N) is 1. The predicted molar refractivity (Wildman–Crippen MR) is 76.9 cm³/mol. The summed E-state index contributed by atoms with van der Waals surface area (Å²) in [6, 6.07) is 0.538. The molecule has 0 radical (unpaired) electrons. The Morgan fingerprint density at radius 1 is 1.53 bits per heavy atom. The van der Waals surface area contributed by atoms with Crippen LogP contribution >= 0.6 is 0 Å². The van der Waals surface area contributed by atoms with Crippen molar-refractivity contribution in [3.05, 3.63) is 18.2 Å². The summed E-state index contributed by atoms with van der Waals surface area (Å²) in [6.07, 6.45) is 9.97. The minimum atomic E-state index is 0.0543. The number of ether oxygens (including phenoxy) is 1. The highest BCUT2D eigenvalue weighted by atomic mass is 16.5. The molecule has 4 heteroatoms. The Labute approximate surface area is 116 Å². The second kappa shape index (κ2) is 7.06. The largest absolute Gasteiger partial charge is 0.381 e. The molecule has 0 bridgehead atoms. The van der Waals surface area contributed by atoms with Crippen LogP contribution in [0.1, 0.15) is 63.7 Å². The van der Waals surface area contributed by atoms with Crippen LogP contribution < -0.4 is 5.73 Å². The van der Waals surface area contributed by atoms with Gasteiger partial charge in [0.15, 0.2) is 0 Å². The maximum atomic E-state index is 6.40. The van der Waals surface area contributed by atoms with Crippen molar-refractivity contribution < 1.29 is 4.74 Å². The third-order valence-electron chi connectivity index (χ3n) is 4.21. The average molecular weight is 265 g/mol. The topological polar surface area (TPSA) is 53.1 Å². The van der Waals surface area contributed by atoms with Gasteiger partial charge in [-0.15, -0.1) is 0 Å². The summed E-state index contributed by atoms with van der Waals surface area (Å²) in [7, 11) is 0. The van der Waals surface area contributed by atoms with Crippen molar-refractivity contribution in [2.24, 2.45) is 11.7 Å². The van der Waals surface area contributed by atoms with E-state index in [4.69, 9.17) is 10.5 Å². The van der Waals surface area contributed by atoms with E-state index in [0.717, 1.165) is 19.6 Å². The number of hydrogen-bond acceptors (Lipinski definition) is 3. The summed E-state index contributed by atoms with van der Waals surface area (Å²) >= 11 is 0. The Morgan fingerprint density at radius 3 is 3.05 bits per heavy atom. The highest BCUT2D eigenvalue weighted by molar-refractivity contribution is 5.08. The monoisotopic (exact) mass is 265 g/mol. The molecule has 1 aliphatic rings. The zero-order valence-corrected chi connectivity index (χ0v) is 12.2. The fraction of sp³-hybridized carbons (Fsp3) is 0.800. The molecule has 4 nitrogen and oxygen atoms in total. The van der Waals surface area contributed by atoms with Gasteiger partial charge in [0.2, 0.25) is 0 Å². The van der Waals surface area contributed by atoms with Crippen LogP contribution in [0.2, 0.25) is 0 Å². The quantitative estimate of drug-likeness (QED) is 0.771. The van der Waals surface area contributed by atoms with E-state index in [2.05, 4.69) is 23.4 Å². The molecule has 1 saturated heterocycles. The van der Waals surface area contributed by atoms with Crippen LogP contribution in [0.25, 0.3) is 0 Å². The molecule has 0 aliphatic carbocycles. The SMILES string of the molecule is CCCCCC(C)n1cncc1C(N)C1CCOC1. The lowest BCUT2D eigenvalue weighted by molar-refractivity contribution is 0.180. The molecule has 2 N–H and O–H groups in total. The molecule has 1 aromatic heterocycles.